The lowest BCUT2D eigenvalue weighted by Crippen LogP contribution is -2.40. The molecule has 0 spiro atoms. The van der Waals surface area contributed by atoms with E-state index >= 15 is 0 Å². The van der Waals surface area contributed by atoms with Crippen molar-refractivity contribution < 1.29 is 13.2 Å². The summed E-state index contributed by atoms with van der Waals surface area (Å²) in [6.07, 6.45) is 1.98. The lowest BCUT2D eigenvalue weighted by Gasteiger charge is -2.25. The van der Waals surface area contributed by atoms with Gasteiger partial charge in [0.05, 0.1) is 11.4 Å². The summed E-state index contributed by atoms with van der Waals surface area (Å²) in [6.45, 7) is 2.47. The SMILES string of the molecule is CCc1ccc(S(=O)(=O)N2CCCC(=O)C2)cc1. The summed E-state index contributed by atoms with van der Waals surface area (Å²) in [5.74, 6) is -0.00463. The van der Waals surface area contributed by atoms with E-state index in [1.807, 2.05) is 19.1 Å². The monoisotopic (exact) mass is 267 g/mol. The highest BCUT2D eigenvalue weighted by molar-refractivity contribution is 7.89. The van der Waals surface area contributed by atoms with Crippen LogP contribution in [0.25, 0.3) is 0 Å². The Morgan fingerprint density at radius 1 is 1.22 bits per heavy atom. The molecule has 0 saturated carbocycles. The zero-order valence-electron chi connectivity index (χ0n) is 10.4. The van der Waals surface area contributed by atoms with Crippen LogP contribution in [0.15, 0.2) is 29.2 Å². The Kier molecular flexibility index (Phi) is 3.82. The van der Waals surface area contributed by atoms with Gasteiger partial charge in [-0.05, 0) is 30.5 Å². The van der Waals surface area contributed by atoms with Crippen molar-refractivity contribution in [3.63, 3.8) is 0 Å². The molecular weight excluding hydrogens is 250 g/mol. The molecule has 1 saturated heterocycles. The quantitative estimate of drug-likeness (QED) is 0.836. The molecule has 1 aliphatic rings. The molecule has 1 fully saturated rings. The molecule has 5 heteroatoms. The second-order valence-electron chi connectivity index (χ2n) is 4.48. The molecule has 0 radical (unpaired) electrons. The molecular formula is C13H17NO3S. The first-order valence-corrected chi connectivity index (χ1v) is 7.59. The van der Waals surface area contributed by atoms with Crippen LogP contribution >= 0.6 is 0 Å². The lowest BCUT2D eigenvalue weighted by atomic mass is 10.1. The summed E-state index contributed by atoms with van der Waals surface area (Å²) < 4.78 is 25.9. The molecule has 18 heavy (non-hydrogen) atoms. The first kappa shape index (κ1) is 13.2. The zero-order valence-corrected chi connectivity index (χ0v) is 11.2. The van der Waals surface area contributed by atoms with Crippen molar-refractivity contribution in [3.8, 4) is 0 Å². The van der Waals surface area contributed by atoms with Gasteiger partial charge in [-0.25, -0.2) is 8.42 Å². The minimum atomic E-state index is -3.51. The van der Waals surface area contributed by atoms with Crippen molar-refractivity contribution in [2.45, 2.75) is 31.1 Å². The van der Waals surface area contributed by atoms with Gasteiger partial charge in [-0.15, -0.1) is 0 Å². The van der Waals surface area contributed by atoms with Crippen LogP contribution in [0.3, 0.4) is 0 Å². The van der Waals surface area contributed by atoms with Gasteiger partial charge in [-0.1, -0.05) is 19.1 Å². The third kappa shape index (κ3) is 2.62. The highest BCUT2D eigenvalue weighted by Crippen LogP contribution is 2.19. The number of nitrogens with zero attached hydrogens (tertiary/aromatic N) is 1. The van der Waals surface area contributed by atoms with Crippen LogP contribution in [0.5, 0.6) is 0 Å². The fourth-order valence-electron chi connectivity index (χ4n) is 2.06. The van der Waals surface area contributed by atoms with Crippen molar-refractivity contribution in [2.75, 3.05) is 13.1 Å². The molecule has 0 amide bonds. The molecule has 2 rings (SSSR count). The Morgan fingerprint density at radius 2 is 1.89 bits per heavy atom. The molecule has 98 valence electrons. The Balaban J connectivity index is 2.26. The van der Waals surface area contributed by atoms with E-state index in [1.165, 1.54) is 4.31 Å². The Morgan fingerprint density at radius 3 is 2.44 bits per heavy atom. The Bertz CT molecular complexity index is 534. The molecule has 0 unspecified atom stereocenters. The largest absolute Gasteiger partial charge is 0.298 e. The maximum absolute atomic E-state index is 12.3. The van der Waals surface area contributed by atoms with E-state index in [-0.39, 0.29) is 17.2 Å². The summed E-state index contributed by atoms with van der Waals surface area (Å²) in [5.41, 5.74) is 1.10. The van der Waals surface area contributed by atoms with E-state index in [0.29, 0.717) is 19.4 Å². The van der Waals surface area contributed by atoms with Crippen LogP contribution in [0.4, 0.5) is 0 Å². The second-order valence-corrected chi connectivity index (χ2v) is 6.42. The van der Waals surface area contributed by atoms with Crippen molar-refractivity contribution in [2.24, 2.45) is 0 Å². The number of benzene rings is 1. The highest BCUT2D eigenvalue weighted by Gasteiger charge is 2.28. The first-order chi connectivity index (χ1) is 8.54. The number of sulfonamides is 1. The van der Waals surface area contributed by atoms with Crippen LogP contribution < -0.4 is 0 Å². The lowest BCUT2D eigenvalue weighted by molar-refractivity contribution is -0.120. The van der Waals surface area contributed by atoms with Crippen LogP contribution in [0, 0.1) is 0 Å². The van der Waals surface area contributed by atoms with Crippen LogP contribution in [0.1, 0.15) is 25.3 Å². The van der Waals surface area contributed by atoms with Crippen molar-refractivity contribution in [1.29, 1.82) is 0 Å². The molecule has 4 nitrogen and oxygen atoms in total. The number of ketones is 1. The van der Waals surface area contributed by atoms with E-state index in [9.17, 15) is 13.2 Å². The van der Waals surface area contributed by atoms with Gasteiger partial charge in [0, 0.05) is 13.0 Å². The van der Waals surface area contributed by atoms with Gasteiger partial charge in [0.1, 0.15) is 5.78 Å². The third-order valence-electron chi connectivity index (χ3n) is 3.19. The molecule has 1 aromatic carbocycles. The summed E-state index contributed by atoms with van der Waals surface area (Å²) in [7, 11) is -3.51. The Hall–Kier alpha value is -1.20. The van der Waals surface area contributed by atoms with Gasteiger partial charge in [-0.2, -0.15) is 4.31 Å². The van der Waals surface area contributed by atoms with Gasteiger partial charge in [0.15, 0.2) is 0 Å². The number of hydrogen-bond donors (Lipinski definition) is 0. The number of hydrogen-bond acceptors (Lipinski definition) is 3. The molecule has 1 aromatic rings. The number of carbonyl (C=O) groups is 1. The highest BCUT2D eigenvalue weighted by atomic mass is 32.2. The predicted octanol–water partition coefficient (Wildman–Crippen LogP) is 1.60. The maximum atomic E-state index is 12.3. The van der Waals surface area contributed by atoms with E-state index in [1.54, 1.807) is 12.1 Å². The predicted molar refractivity (Wildman–Crippen MR) is 68.8 cm³/mol. The fraction of sp³-hybridized carbons (Fsp3) is 0.462. The van der Waals surface area contributed by atoms with E-state index in [4.69, 9.17) is 0 Å². The number of carbonyl (C=O) groups excluding carboxylic acids is 1. The minimum absolute atomic E-state index is 0.00463. The summed E-state index contributed by atoms with van der Waals surface area (Å²) >= 11 is 0. The molecule has 0 atom stereocenters. The average Bonchev–Trinajstić information content (AvgIpc) is 2.39. The third-order valence-corrected chi connectivity index (χ3v) is 5.04. The normalized spacial score (nSPS) is 17.9. The van der Waals surface area contributed by atoms with Crippen LogP contribution in [-0.2, 0) is 21.2 Å². The average molecular weight is 267 g/mol. The molecule has 1 aliphatic heterocycles. The van der Waals surface area contributed by atoms with Crippen molar-refractivity contribution >= 4 is 15.8 Å². The standard InChI is InChI=1S/C13H17NO3S/c1-2-11-5-7-13(8-6-11)18(16,17)14-9-3-4-12(15)10-14/h5-8H,2-4,9-10H2,1H3. The summed E-state index contributed by atoms with van der Waals surface area (Å²) in [5, 5.41) is 0. The maximum Gasteiger partial charge on any atom is 0.243 e. The molecule has 0 aliphatic carbocycles. The van der Waals surface area contributed by atoms with Gasteiger partial charge >= 0.3 is 0 Å². The first-order valence-electron chi connectivity index (χ1n) is 6.15. The molecule has 0 bridgehead atoms. The molecule has 1 heterocycles. The number of aryl methyl sites for hydroxylation is 1. The molecule has 0 aromatic heterocycles. The summed E-state index contributed by atoms with van der Waals surface area (Å²) in [4.78, 5) is 11.6. The topological polar surface area (TPSA) is 54.5 Å². The Labute approximate surface area is 108 Å². The number of rotatable bonds is 3. The van der Waals surface area contributed by atoms with E-state index < -0.39 is 10.0 Å². The van der Waals surface area contributed by atoms with E-state index in [0.717, 1.165) is 12.0 Å². The zero-order chi connectivity index (χ0) is 13.2. The van der Waals surface area contributed by atoms with Crippen molar-refractivity contribution in [3.05, 3.63) is 29.8 Å². The minimum Gasteiger partial charge on any atom is -0.298 e. The fourth-order valence-corrected chi connectivity index (χ4v) is 3.52. The second kappa shape index (κ2) is 5.20. The smallest absolute Gasteiger partial charge is 0.243 e. The van der Waals surface area contributed by atoms with Gasteiger partial charge in [0.2, 0.25) is 10.0 Å². The van der Waals surface area contributed by atoms with E-state index in [2.05, 4.69) is 0 Å². The number of piperidine rings is 1. The van der Waals surface area contributed by atoms with Gasteiger partial charge < -0.3 is 0 Å². The van der Waals surface area contributed by atoms with Gasteiger partial charge in [0.25, 0.3) is 0 Å². The summed E-state index contributed by atoms with van der Waals surface area (Å²) in [6, 6.07) is 6.87. The van der Waals surface area contributed by atoms with Gasteiger partial charge in [-0.3, -0.25) is 4.79 Å². The van der Waals surface area contributed by atoms with Crippen molar-refractivity contribution in [1.82, 2.24) is 4.31 Å². The van der Waals surface area contributed by atoms with Crippen LogP contribution in [0.2, 0.25) is 0 Å². The number of Topliss-reactive ketones (excluding diaryl/α,β-unsaturated/α-hetero) is 1. The van der Waals surface area contributed by atoms with Crippen LogP contribution in [-0.4, -0.2) is 31.6 Å². The molecule has 0 N–H and O–H groups in total.